The summed E-state index contributed by atoms with van der Waals surface area (Å²) >= 11 is 6.25. The van der Waals surface area contributed by atoms with Gasteiger partial charge in [0.1, 0.15) is 0 Å². The number of hydrogen-bond acceptors (Lipinski definition) is 0. The summed E-state index contributed by atoms with van der Waals surface area (Å²) < 4.78 is 0. The fourth-order valence-electron chi connectivity index (χ4n) is 2.34. The van der Waals surface area contributed by atoms with Gasteiger partial charge in [0.25, 0.3) is 0 Å². The Hall–Kier alpha value is 0.290. The van der Waals surface area contributed by atoms with Crippen LogP contribution >= 0.6 is 11.6 Å². The number of hydrogen-bond donors (Lipinski definition) is 0. The van der Waals surface area contributed by atoms with Gasteiger partial charge in [-0.2, -0.15) is 0 Å². The lowest BCUT2D eigenvalue weighted by Crippen LogP contribution is -2.05. The Morgan fingerprint density at radius 3 is 2.38 bits per heavy atom. The quantitative estimate of drug-likeness (QED) is 0.572. The maximum Gasteiger partial charge on any atom is 0.0338 e. The average Bonchev–Trinajstić information content (AvgIpc) is 2.51. The van der Waals surface area contributed by atoms with Crippen molar-refractivity contribution in [1.29, 1.82) is 0 Å². The second kappa shape index (κ2) is 5.90. The summed E-state index contributed by atoms with van der Waals surface area (Å²) in [5.41, 5.74) is 0. The Balaban J connectivity index is 2.03. The third kappa shape index (κ3) is 4.90. The average molecular weight is 203 g/mol. The van der Waals surface area contributed by atoms with Gasteiger partial charge in [0.05, 0.1) is 0 Å². The molecular formula is C12H23Cl. The molecule has 0 aromatic heterocycles. The molecule has 0 heterocycles. The Bertz CT molecular complexity index is 125. The van der Waals surface area contributed by atoms with E-state index in [0.29, 0.717) is 5.38 Å². The Labute approximate surface area is 88.1 Å². The lowest BCUT2D eigenvalue weighted by atomic mass is 9.97. The minimum absolute atomic E-state index is 0.431. The lowest BCUT2D eigenvalue weighted by molar-refractivity contribution is 0.450. The highest BCUT2D eigenvalue weighted by molar-refractivity contribution is 6.20. The van der Waals surface area contributed by atoms with Gasteiger partial charge in [0, 0.05) is 5.38 Å². The SMILES string of the molecule is CC(C)CC(Cl)CCC1CCCC1. The summed E-state index contributed by atoms with van der Waals surface area (Å²) in [5.74, 6) is 1.76. The van der Waals surface area contributed by atoms with E-state index < -0.39 is 0 Å². The van der Waals surface area contributed by atoms with Gasteiger partial charge in [0.15, 0.2) is 0 Å². The molecule has 0 amide bonds. The molecule has 13 heavy (non-hydrogen) atoms. The summed E-state index contributed by atoms with van der Waals surface area (Å²) in [6, 6.07) is 0. The van der Waals surface area contributed by atoms with E-state index in [4.69, 9.17) is 11.6 Å². The largest absolute Gasteiger partial charge is 0.123 e. The Morgan fingerprint density at radius 2 is 1.85 bits per heavy atom. The van der Waals surface area contributed by atoms with E-state index in [2.05, 4.69) is 13.8 Å². The number of rotatable bonds is 5. The molecule has 0 aromatic rings. The van der Waals surface area contributed by atoms with E-state index in [0.717, 1.165) is 11.8 Å². The van der Waals surface area contributed by atoms with Crippen LogP contribution in [0.15, 0.2) is 0 Å². The highest BCUT2D eigenvalue weighted by Gasteiger charge is 2.16. The molecule has 78 valence electrons. The van der Waals surface area contributed by atoms with Crippen molar-refractivity contribution in [2.45, 2.75) is 64.2 Å². The smallest absolute Gasteiger partial charge is 0.0338 e. The lowest BCUT2D eigenvalue weighted by Gasteiger charge is -2.14. The minimum atomic E-state index is 0.431. The monoisotopic (exact) mass is 202 g/mol. The molecule has 1 atom stereocenters. The van der Waals surface area contributed by atoms with E-state index in [9.17, 15) is 0 Å². The predicted octanol–water partition coefficient (Wildman–Crippen LogP) is 4.61. The van der Waals surface area contributed by atoms with Crippen LogP contribution in [0.4, 0.5) is 0 Å². The zero-order valence-electron chi connectivity index (χ0n) is 9.06. The van der Waals surface area contributed by atoms with Crippen molar-refractivity contribution < 1.29 is 0 Å². The summed E-state index contributed by atoms with van der Waals surface area (Å²) in [6.45, 7) is 4.51. The zero-order valence-corrected chi connectivity index (χ0v) is 9.82. The van der Waals surface area contributed by atoms with Crippen molar-refractivity contribution in [3.63, 3.8) is 0 Å². The van der Waals surface area contributed by atoms with Gasteiger partial charge >= 0.3 is 0 Å². The predicted molar refractivity (Wildman–Crippen MR) is 60.3 cm³/mol. The second-order valence-electron chi connectivity index (χ2n) is 4.95. The molecule has 1 fully saturated rings. The highest BCUT2D eigenvalue weighted by atomic mass is 35.5. The summed E-state index contributed by atoms with van der Waals surface area (Å²) in [5, 5.41) is 0.431. The molecule has 1 rings (SSSR count). The van der Waals surface area contributed by atoms with Gasteiger partial charge in [-0.3, -0.25) is 0 Å². The van der Waals surface area contributed by atoms with Gasteiger partial charge < -0.3 is 0 Å². The topological polar surface area (TPSA) is 0 Å². The molecule has 1 aliphatic carbocycles. The van der Waals surface area contributed by atoms with Gasteiger partial charge in [-0.05, 0) is 31.1 Å². The molecule has 1 aliphatic rings. The van der Waals surface area contributed by atoms with Crippen LogP contribution in [-0.4, -0.2) is 5.38 Å². The van der Waals surface area contributed by atoms with Crippen molar-refractivity contribution in [3.8, 4) is 0 Å². The minimum Gasteiger partial charge on any atom is -0.123 e. The van der Waals surface area contributed by atoms with Crippen LogP contribution in [0.25, 0.3) is 0 Å². The van der Waals surface area contributed by atoms with Gasteiger partial charge in [-0.1, -0.05) is 39.5 Å². The van der Waals surface area contributed by atoms with E-state index >= 15 is 0 Å². The van der Waals surface area contributed by atoms with Crippen molar-refractivity contribution in [3.05, 3.63) is 0 Å². The maximum absolute atomic E-state index is 6.25. The summed E-state index contributed by atoms with van der Waals surface area (Å²) in [4.78, 5) is 0. The standard InChI is InChI=1S/C12H23Cl/c1-10(2)9-12(13)8-7-11-5-3-4-6-11/h10-12H,3-9H2,1-2H3. The van der Waals surface area contributed by atoms with E-state index in [1.807, 2.05) is 0 Å². The van der Waals surface area contributed by atoms with Crippen LogP contribution in [0, 0.1) is 11.8 Å². The zero-order chi connectivity index (χ0) is 9.68. The Morgan fingerprint density at radius 1 is 1.23 bits per heavy atom. The fourth-order valence-corrected chi connectivity index (χ4v) is 2.83. The molecule has 1 saturated carbocycles. The molecule has 0 aromatic carbocycles. The van der Waals surface area contributed by atoms with Crippen molar-refractivity contribution in [2.24, 2.45) is 11.8 Å². The van der Waals surface area contributed by atoms with Crippen LogP contribution in [0.2, 0.25) is 0 Å². The first-order valence-corrected chi connectivity index (χ1v) is 6.26. The third-order valence-electron chi connectivity index (χ3n) is 3.09. The van der Waals surface area contributed by atoms with E-state index in [-0.39, 0.29) is 0 Å². The maximum atomic E-state index is 6.25. The van der Waals surface area contributed by atoms with Gasteiger partial charge in [0.2, 0.25) is 0 Å². The van der Waals surface area contributed by atoms with Gasteiger partial charge in [-0.15, -0.1) is 11.6 Å². The second-order valence-corrected chi connectivity index (χ2v) is 5.57. The molecule has 1 unspecified atom stereocenters. The van der Waals surface area contributed by atoms with Crippen molar-refractivity contribution >= 4 is 11.6 Å². The Kier molecular flexibility index (Phi) is 5.16. The van der Waals surface area contributed by atoms with Crippen LogP contribution in [0.3, 0.4) is 0 Å². The van der Waals surface area contributed by atoms with Crippen LogP contribution in [-0.2, 0) is 0 Å². The molecule has 0 N–H and O–H groups in total. The normalized spacial score (nSPS) is 21.2. The molecule has 0 spiro atoms. The van der Waals surface area contributed by atoms with Crippen LogP contribution in [0.1, 0.15) is 58.8 Å². The van der Waals surface area contributed by atoms with E-state index in [1.54, 1.807) is 0 Å². The molecular weight excluding hydrogens is 180 g/mol. The van der Waals surface area contributed by atoms with E-state index in [1.165, 1.54) is 44.9 Å². The molecule has 0 bridgehead atoms. The fraction of sp³-hybridized carbons (Fsp3) is 1.00. The molecule has 0 nitrogen and oxygen atoms in total. The summed E-state index contributed by atoms with van der Waals surface area (Å²) in [6.07, 6.45) is 9.65. The first-order chi connectivity index (χ1) is 6.18. The van der Waals surface area contributed by atoms with Crippen LogP contribution in [0.5, 0.6) is 0 Å². The van der Waals surface area contributed by atoms with Crippen LogP contribution < -0.4 is 0 Å². The summed E-state index contributed by atoms with van der Waals surface area (Å²) in [7, 11) is 0. The third-order valence-corrected chi connectivity index (χ3v) is 3.49. The molecule has 0 radical (unpaired) electrons. The number of alkyl halides is 1. The molecule has 0 saturated heterocycles. The van der Waals surface area contributed by atoms with Crippen molar-refractivity contribution in [2.75, 3.05) is 0 Å². The highest BCUT2D eigenvalue weighted by Crippen LogP contribution is 2.30. The number of halogens is 1. The van der Waals surface area contributed by atoms with Gasteiger partial charge in [-0.25, -0.2) is 0 Å². The first kappa shape index (κ1) is 11.4. The first-order valence-electron chi connectivity index (χ1n) is 5.82. The molecule has 1 heteroatoms. The van der Waals surface area contributed by atoms with Crippen molar-refractivity contribution in [1.82, 2.24) is 0 Å². The molecule has 0 aliphatic heterocycles.